The van der Waals surface area contributed by atoms with Gasteiger partial charge >= 0.3 is 0 Å². The molecule has 0 radical (unpaired) electrons. The summed E-state index contributed by atoms with van der Waals surface area (Å²) in [6, 6.07) is 4.54. The zero-order chi connectivity index (χ0) is 13.1. The lowest BCUT2D eigenvalue weighted by atomic mass is 10.2. The van der Waals surface area contributed by atoms with E-state index in [2.05, 4.69) is 27.7 Å². The maximum atomic E-state index is 11.8. The van der Waals surface area contributed by atoms with Crippen molar-refractivity contribution in [1.82, 2.24) is 10.2 Å². The molecule has 0 spiro atoms. The van der Waals surface area contributed by atoms with Crippen molar-refractivity contribution in [2.45, 2.75) is 18.9 Å². The number of hydrogen-bond donors (Lipinski definition) is 1. The highest BCUT2D eigenvalue weighted by atomic mass is 32.1. The molecule has 5 heteroatoms. The molecular formula is C14H20N2O2S. The van der Waals surface area contributed by atoms with Crippen molar-refractivity contribution in [2.24, 2.45) is 5.92 Å². The summed E-state index contributed by atoms with van der Waals surface area (Å²) < 4.78 is 5.42. The third-order valence-corrected chi connectivity index (χ3v) is 4.75. The van der Waals surface area contributed by atoms with E-state index < -0.39 is 0 Å². The summed E-state index contributed by atoms with van der Waals surface area (Å²) in [5.41, 5.74) is 0. The molecule has 0 unspecified atom stereocenters. The number of ether oxygens (including phenoxy) is 1. The van der Waals surface area contributed by atoms with Crippen LogP contribution in [0.1, 0.15) is 23.8 Å². The van der Waals surface area contributed by atoms with Gasteiger partial charge in [0, 0.05) is 30.4 Å². The number of carbonyl (C=O) groups is 1. The fraction of sp³-hybridized carbons (Fsp3) is 0.643. The van der Waals surface area contributed by atoms with E-state index in [9.17, 15) is 4.79 Å². The van der Waals surface area contributed by atoms with Crippen LogP contribution in [0.2, 0.25) is 0 Å². The molecule has 3 rings (SSSR count). The summed E-state index contributed by atoms with van der Waals surface area (Å²) in [4.78, 5) is 15.6. The number of nitrogens with zero attached hydrogens (tertiary/aromatic N) is 1. The van der Waals surface area contributed by atoms with E-state index in [1.165, 1.54) is 4.88 Å². The maximum Gasteiger partial charge on any atom is 0.223 e. The van der Waals surface area contributed by atoms with E-state index in [-0.39, 0.29) is 11.8 Å². The highest BCUT2D eigenvalue weighted by Crippen LogP contribution is 2.30. The third kappa shape index (κ3) is 3.35. The quantitative estimate of drug-likeness (QED) is 0.891. The van der Waals surface area contributed by atoms with Crippen molar-refractivity contribution < 1.29 is 9.53 Å². The largest absolute Gasteiger partial charge is 0.379 e. The first kappa shape index (κ1) is 13.1. The average Bonchev–Trinajstić information content (AvgIpc) is 3.17. The zero-order valence-electron chi connectivity index (χ0n) is 11.0. The summed E-state index contributed by atoms with van der Waals surface area (Å²) in [5.74, 6) is 0.517. The first-order chi connectivity index (χ1) is 9.34. The van der Waals surface area contributed by atoms with Gasteiger partial charge in [0.1, 0.15) is 0 Å². The van der Waals surface area contributed by atoms with Crippen LogP contribution in [0.3, 0.4) is 0 Å². The Balaban J connectivity index is 1.63. The van der Waals surface area contributed by atoms with Crippen LogP contribution in [0.15, 0.2) is 17.5 Å². The topological polar surface area (TPSA) is 41.6 Å². The molecule has 0 aromatic carbocycles. The van der Waals surface area contributed by atoms with Gasteiger partial charge in [0.2, 0.25) is 5.91 Å². The lowest BCUT2D eigenvalue weighted by Gasteiger charge is -2.34. The third-order valence-electron chi connectivity index (χ3n) is 3.78. The Hall–Kier alpha value is -0.910. The molecule has 2 aliphatic rings. The Morgan fingerprint density at radius 2 is 2.26 bits per heavy atom. The van der Waals surface area contributed by atoms with Crippen molar-refractivity contribution in [1.29, 1.82) is 0 Å². The van der Waals surface area contributed by atoms with Crippen LogP contribution in [0, 0.1) is 5.92 Å². The highest BCUT2D eigenvalue weighted by Gasteiger charge is 2.31. The smallest absolute Gasteiger partial charge is 0.223 e. The molecule has 1 aromatic rings. The van der Waals surface area contributed by atoms with Crippen LogP contribution < -0.4 is 5.32 Å². The number of thiophene rings is 1. The van der Waals surface area contributed by atoms with Gasteiger partial charge in [0.15, 0.2) is 0 Å². The second kappa shape index (κ2) is 6.03. The number of nitrogens with one attached hydrogen (secondary N) is 1. The van der Waals surface area contributed by atoms with E-state index in [0.29, 0.717) is 6.04 Å². The monoisotopic (exact) mass is 280 g/mol. The summed E-state index contributed by atoms with van der Waals surface area (Å²) in [6.07, 6.45) is 2.13. The van der Waals surface area contributed by atoms with E-state index in [0.717, 1.165) is 45.7 Å². The highest BCUT2D eigenvalue weighted by molar-refractivity contribution is 7.10. The second-order valence-corrected chi connectivity index (χ2v) is 6.18. The summed E-state index contributed by atoms with van der Waals surface area (Å²) in [6.45, 7) is 4.19. The Bertz CT molecular complexity index is 411. The Morgan fingerprint density at radius 1 is 1.47 bits per heavy atom. The van der Waals surface area contributed by atoms with Gasteiger partial charge in [-0.25, -0.2) is 0 Å². The Labute approximate surface area is 117 Å². The van der Waals surface area contributed by atoms with Gasteiger partial charge in [-0.15, -0.1) is 11.3 Å². The van der Waals surface area contributed by atoms with Crippen LogP contribution in [-0.4, -0.2) is 43.7 Å². The van der Waals surface area contributed by atoms with Gasteiger partial charge in [-0.05, 0) is 24.3 Å². The van der Waals surface area contributed by atoms with E-state index in [1.54, 1.807) is 11.3 Å². The second-order valence-electron chi connectivity index (χ2n) is 5.20. The van der Waals surface area contributed by atoms with Crippen LogP contribution >= 0.6 is 11.3 Å². The van der Waals surface area contributed by atoms with E-state index in [4.69, 9.17) is 4.74 Å². The molecule has 1 amide bonds. The number of morpholine rings is 1. The first-order valence-corrected chi connectivity index (χ1v) is 7.85. The molecule has 4 nitrogen and oxygen atoms in total. The predicted molar refractivity (Wildman–Crippen MR) is 75.2 cm³/mol. The van der Waals surface area contributed by atoms with Gasteiger partial charge < -0.3 is 10.1 Å². The van der Waals surface area contributed by atoms with Gasteiger partial charge in [-0.3, -0.25) is 9.69 Å². The van der Waals surface area contributed by atoms with E-state index >= 15 is 0 Å². The minimum Gasteiger partial charge on any atom is -0.379 e. The summed E-state index contributed by atoms with van der Waals surface area (Å²) >= 11 is 1.77. The summed E-state index contributed by atoms with van der Waals surface area (Å²) in [5, 5.41) is 5.22. The molecule has 1 saturated carbocycles. The first-order valence-electron chi connectivity index (χ1n) is 6.97. The fourth-order valence-corrected chi connectivity index (χ4v) is 3.33. The summed E-state index contributed by atoms with van der Waals surface area (Å²) in [7, 11) is 0. The molecule has 1 aliphatic carbocycles. The molecule has 1 aliphatic heterocycles. The molecular weight excluding hydrogens is 260 g/mol. The number of rotatable bonds is 5. The minimum atomic E-state index is 0.231. The molecule has 19 heavy (non-hydrogen) atoms. The lowest BCUT2D eigenvalue weighted by molar-refractivity contribution is -0.122. The van der Waals surface area contributed by atoms with Crippen LogP contribution in [0.25, 0.3) is 0 Å². The molecule has 1 atom stereocenters. The number of amides is 1. The molecule has 0 bridgehead atoms. The molecule has 104 valence electrons. The van der Waals surface area contributed by atoms with Gasteiger partial charge in [-0.2, -0.15) is 0 Å². The standard InChI is InChI=1S/C14H20N2O2S/c17-14(11-3-4-11)15-10-12(13-2-1-9-19-13)16-5-7-18-8-6-16/h1-2,9,11-12H,3-8,10H2,(H,15,17)/t12-/m1/s1. The lowest BCUT2D eigenvalue weighted by Crippen LogP contribution is -2.43. The van der Waals surface area contributed by atoms with Gasteiger partial charge in [0.25, 0.3) is 0 Å². The zero-order valence-corrected chi connectivity index (χ0v) is 11.8. The van der Waals surface area contributed by atoms with Crippen molar-refractivity contribution in [3.05, 3.63) is 22.4 Å². The van der Waals surface area contributed by atoms with Crippen molar-refractivity contribution >= 4 is 17.2 Å². The van der Waals surface area contributed by atoms with E-state index in [1.807, 2.05) is 0 Å². The van der Waals surface area contributed by atoms with Crippen LogP contribution in [-0.2, 0) is 9.53 Å². The van der Waals surface area contributed by atoms with Gasteiger partial charge in [-0.1, -0.05) is 6.07 Å². The molecule has 2 fully saturated rings. The SMILES string of the molecule is O=C(NC[C@H](c1cccs1)N1CCOCC1)C1CC1. The number of hydrogen-bond acceptors (Lipinski definition) is 4. The predicted octanol–water partition coefficient (Wildman–Crippen LogP) is 1.65. The van der Waals surface area contributed by atoms with Crippen molar-refractivity contribution in [3.8, 4) is 0 Å². The normalized spacial score (nSPS) is 22.1. The van der Waals surface area contributed by atoms with Gasteiger partial charge in [0.05, 0.1) is 19.3 Å². The van der Waals surface area contributed by atoms with Crippen LogP contribution in [0.4, 0.5) is 0 Å². The molecule has 2 heterocycles. The van der Waals surface area contributed by atoms with Crippen LogP contribution in [0.5, 0.6) is 0 Å². The number of carbonyl (C=O) groups excluding carboxylic acids is 1. The average molecular weight is 280 g/mol. The molecule has 1 saturated heterocycles. The Kier molecular flexibility index (Phi) is 4.15. The molecule has 1 aromatic heterocycles. The molecule has 1 N–H and O–H groups in total. The Morgan fingerprint density at radius 3 is 2.89 bits per heavy atom. The van der Waals surface area contributed by atoms with Crippen molar-refractivity contribution in [3.63, 3.8) is 0 Å². The van der Waals surface area contributed by atoms with Crippen molar-refractivity contribution in [2.75, 3.05) is 32.8 Å². The minimum absolute atomic E-state index is 0.231. The maximum absolute atomic E-state index is 11.8. The fourth-order valence-electron chi connectivity index (χ4n) is 2.47.